The van der Waals surface area contributed by atoms with Gasteiger partial charge in [-0.15, -0.1) is 0 Å². The van der Waals surface area contributed by atoms with Crippen LogP contribution in [0, 0.1) is 5.41 Å². The van der Waals surface area contributed by atoms with Gasteiger partial charge in [0.05, 0.1) is 5.41 Å². The maximum Gasteiger partial charge on any atom is 0.272 e. The van der Waals surface area contributed by atoms with Crippen LogP contribution in [0.2, 0.25) is 0 Å². The first-order chi connectivity index (χ1) is 12.2. The number of nitrogens with one attached hydrogen (secondary N) is 1. The van der Waals surface area contributed by atoms with Gasteiger partial charge in [-0.05, 0) is 30.5 Å². The second kappa shape index (κ2) is 6.31. The van der Waals surface area contributed by atoms with E-state index in [0.29, 0.717) is 38.2 Å². The number of carbonyl (C=O) groups excluding carboxylic acids is 2. The van der Waals surface area contributed by atoms with Gasteiger partial charge in [0.2, 0.25) is 5.91 Å². The average Bonchev–Trinajstić information content (AvgIpc) is 2.99. The van der Waals surface area contributed by atoms with Crippen molar-refractivity contribution < 1.29 is 9.59 Å². The van der Waals surface area contributed by atoms with Crippen molar-refractivity contribution in [2.24, 2.45) is 5.41 Å². The number of pyridine rings is 1. The summed E-state index contributed by atoms with van der Waals surface area (Å²) in [6, 6.07) is 15.6. The van der Waals surface area contributed by atoms with Crippen LogP contribution in [0.1, 0.15) is 34.8 Å². The van der Waals surface area contributed by atoms with Gasteiger partial charge >= 0.3 is 0 Å². The zero-order valence-corrected chi connectivity index (χ0v) is 14.0. The Hall–Kier alpha value is -2.69. The van der Waals surface area contributed by atoms with Crippen LogP contribution in [0.5, 0.6) is 0 Å². The van der Waals surface area contributed by atoms with Gasteiger partial charge in [-0.3, -0.25) is 14.6 Å². The molecule has 0 radical (unpaired) electrons. The van der Waals surface area contributed by atoms with Crippen LogP contribution in [0.4, 0.5) is 0 Å². The molecular weight excluding hydrogens is 314 g/mol. The Morgan fingerprint density at radius 1 is 1.08 bits per heavy atom. The lowest BCUT2D eigenvalue weighted by Crippen LogP contribution is -2.48. The van der Waals surface area contributed by atoms with Crippen molar-refractivity contribution in [3.8, 4) is 0 Å². The zero-order chi connectivity index (χ0) is 17.3. The molecule has 2 saturated heterocycles. The fourth-order valence-electron chi connectivity index (χ4n) is 4.18. The molecule has 5 heteroatoms. The van der Waals surface area contributed by atoms with Crippen molar-refractivity contribution in [3.63, 3.8) is 0 Å². The third-order valence-electron chi connectivity index (χ3n) is 5.61. The summed E-state index contributed by atoms with van der Waals surface area (Å²) in [6.07, 6.45) is 3.02. The Morgan fingerprint density at radius 2 is 1.80 bits per heavy atom. The van der Waals surface area contributed by atoms with E-state index in [-0.39, 0.29) is 17.7 Å². The second-order valence-corrected chi connectivity index (χ2v) is 6.84. The van der Waals surface area contributed by atoms with E-state index in [1.165, 1.54) is 5.56 Å². The molecule has 4 rings (SSSR count). The number of carbonyl (C=O) groups is 2. The van der Waals surface area contributed by atoms with Gasteiger partial charge in [0, 0.05) is 31.7 Å². The molecule has 0 unspecified atom stereocenters. The van der Waals surface area contributed by atoms with E-state index in [2.05, 4.69) is 22.4 Å². The molecule has 25 heavy (non-hydrogen) atoms. The van der Waals surface area contributed by atoms with Gasteiger partial charge in [0.1, 0.15) is 5.69 Å². The maximum absolute atomic E-state index is 12.7. The van der Waals surface area contributed by atoms with Crippen LogP contribution >= 0.6 is 0 Å². The lowest BCUT2D eigenvalue weighted by molar-refractivity contribution is -0.130. The third kappa shape index (κ3) is 2.69. The quantitative estimate of drug-likeness (QED) is 0.915. The van der Waals surface area contributed by atoms with Crippen LogP contribution in [-0.2, 0) is 4.79 Å². The summed E-state index contributed by atoms with van der Waals surface area (Å²) < 4.78 is 0. The van der Waals surface area contributed by atoms with E-state index in [1.807, 2.05) is 29.2 Å². The molecule has 1 atom stereocenters. The largest absolute Gasteiger partial charge is 0.355 e. The predicted octanol–water partition coefficient (Wildman–Crippen LogP) is 2.22. The average molecular weight is 335 g/mol. The molecule has 2 fully saturated rings. The Labute approximate surface area is 147 Å². The van der Waals surface area contributed by atoms with Crippen molar-refractivity contribution in [1.82, 2.24) is 15.2 Å². The standard InChI is InChI=1S/C20H21N3O2/c24-18(17-8-4-5-11-21-17)23-12-9-20(10-13-23)16(14-22-19(20)25)15-6-2-1-3-7-15/h1-8,11,16H,9-10,12-14H2,(H,22,25)/t16-/m0/s1. The second-order valence-electron chi connectivity index (χ2n) is 6.84. The van der Waals surface area contributed by atoms with E-state index in [4.69, 9.17) is 0 Å². The highest BCUT2D eigenvalue weighted by molar-refractivity contribution is 5.93. The summed E-state index contributed by atoms with van der Waals surface area (Å²) in [6.45, 7) is 1.86. The van der Waals surface area contributed by atoms with Gasteiger partial charge in [-0.2, -0.15) is 0 Å². The maximum atomic E-state index is 12.7. The van der Waals surface area contributed by atoms with E-state index in [9.17, 15) is 9.59 Å². The van der Waals surface area contributed by atoms with Crippen LogP contribution in [-0.4, -0.2) is 41.3 Å². The molecule has 3 heterocycles. The molecule has 0 bridgehead atoms. The molecule has 0 saturated carbocycles. The van der Waals surface area contributed by atoms with Gasteiger partial charge in [-0.25, -0.2) is 0 Å². The van der Waals surface area contributed by atoms with E-state index in [0.717, 1.165) is 0 Å². The Balaban J connectivity index is 1.53. The summed E-state index contributed by atoms with van der Waals surface area (Å²) in [5.41, 5.74) is 1.27. The minimum atomic E-state index is -0.401. The SMILES string of the molecule is O=C(c1ccccn1)N1CCC2(CC1)C(=O)NC[C@H]2c1ccccc1. The molecule has 1 N–H and O–H groups in total. The summed E-state index contributed by atoms with van der Waals surface area (Å²) in [7, 11) is 0. The van der Waals surface area contributed by atoms with Crippen molar-refractivity contribution in [2.75, 3.05) is 19.6 Å². The first-order valence-electron chi connectivity index (χ1n) is 8.74. The zero-order valence-electron chi connectivity index (χ0n) is 14.0. The third-order valence-corrected chi connectivity index (χ3v) is 5.61. The van der Waals surface area contributed by atoms with Crippen LogP contribution < -0.4 is 5.32 Å². The number of aromatic nitrogens is 1. The fraction of sp³-hybridized carbons (Fsp3) is 0.350. The van der Waals surface area contributed by atoms with Crippen molar-refractivity contribution in [3.05, 3.63) is 66.0 Å². The van der Waals surface area contributed by atoms with E-state index >= 15 is 0 Å². The van der Waals surface area contributed by atoms with E-state index < -0.39 is 5.41 Å². The molecule has 2 aromatic rings. The lowest BCUT2D eigenvalue weighted by Gasteiger charge is -2.40. The normalized spacial score (nSPS) is 22.0. The molecule has 1 spiro atoms. The highest BCUT2D eigenvalue weighted by Crippen LogP contribution is 2.47. The molecular formula is C20H21N3O2. The monoisotopic (exact) mass is 335 g/mol. The van der Waals surface area contributed by atoms with Crippen LogP contribution in [0.3, 0.4) is 0 Å². The van der Waals surface area contributed by atoms with Crippen LogP contribution in [0.15, 0.2) is 54.7 Å². The molecule has 1 aromatic heterocycles. The summed E-state index contributed by atoms with van der Waals surface area (Å²) in [5.74, 6) is 0.254. The van der Waals surface area contributed by atoms with Gasteiger partial charge in [0.15, 0.2) is 0 Å². The highest BCUT2D eigenvalue weighted by atomic mass is 16.2. The number of amides is 2. The minimum Gasteiger partial charge on any atom is -0.355 e. The number of likely N-dealkylation sites (tertiary alicyclic amines) is 1. The number of benzene rings is 1. The fourth-order valence-corrected chi connectivity index (χ4v) is 4.18. The number of rotatable bonds is 2. The smallest absolute Gasteiger partial charge is 0.272 e. The molecule has 5 nitrogen and oxygen atoms in total. The first kappa shape index (κ1) is 15.8. The molecule has 2 aliphatic rings. The molecule has 128 valence electrons. The summed E-state index contributed by atoms with van der Waals surface area (Å²) in [4.78, 5) is 31.2. The molecule has 2 amide bonds. The summed E-state index contributed by atoms with van der Waals surface area (Å²) in [5, 5.41) is 3.05. The Kier molecular flexibility index (Phi) is 3.99. The first-order valence-corrected chi connectivity index (χ1v) is 8.74. The highest BCUT2D eigenvalue weighted by Gasteiger charge is 2.52. The predicted molar refractivity (Wildman–Crippen MR) is 94.0 cm³/mol. The van der Waals surface area contributed by atoms with Crippen molar-refractivity contribution in [1.29, 1.82) is 0 Å². The van der Waals surface area contributed by atoms with Gasteiger partial charge in [0.25, 0.3) is 5.91 Å². The van der Waals surface area contributed by atoms with Crippen LogP contribution in [0.25, 0.3) is 0 Å². The topological polar surface area (TPSA) is 62.3 Å². The molecule has 2 aliphatic heterocycles. The van der Waals surface area contributed by atoms with Crippen molar-refractivity contribution in [2.45, 2.75) is 18.8 Å². The van der Waals surface area contributed by atoms with Gasteiger partial charge < -0.3 is 10.2 Å². The number of hydrogen-bond donors (Lipinski definition) is 1. The van der Waals surface area contributed by atoms with E-state index in [1.54, 1.807) is 18.3 Å². The number of hydrogen-bond acceptors (Lipinski definition) is 3. The lowest BCUT2D eigenvalue weighted by atomic mass is 9.68. The number of piperidine rings is 1. The Bertz CT molecular complexity index is 768. The van der Waals surface area contributed by atoms with Crippen molar-refractivity contribution >= 4 is 11.8 Å². The number of nitrogens with zero attached hydrogens (tertiary/aromatic N) is 2. The summed E-state index contributed by atoms with van der Waals surface area (Å²) >= 11 is 0. The van der Waals surface area contributed by atoms with Gasteiger partial charge in [-0.1, -0.05) is 36.4 Å². The Morgan fingerprint density at radius 3 is 2.48 bits per heavy atom. The molecule has 1 aromatic carbocycles. The minimum absolute atomic E-state index is 0.0508. The molecule has 0 aliphatic carbocycles.